The zero-order chi connectivity index (χ0) is 31.4. The molecule has 7 atom stereocenters. The highest BCUT2D eigenvalue weighted by Gasteiger charge is 2.59. The molecule has 3 fully saturated rings. The molecule has 2 aliphatic heterocycles. The summed E-state index contributed by atoms with van der Waals surface area (Å²) < 4.78 is 11.0. The molecule has 0 radical (unpaired) electrons. The van der Waals surface area contributed by atoms with Gasteiger partial charge in [-0.2, -0.15) is 0 Å². The van der Waals surface area contributed by atoms with Crippen molar-refractivity contribution in [2.75, 3.05) is 13.1 Å². The topological polar surface area (TPSA) is 174 Å². The van der Waals surface area contributed by atoms with Gasteiger partial charge in [0.15, 0.2) is 17.2 Å². The molecule has 4 N–H and O–H groups in total. The number of hydrogen-bond acceptors (Lipinski definition) is 10. The minimum atomic E-state index is -2.16. The second-order valence-electron chi connectivity index (χ2n) is 14.2. The maximum absolute atomic E-state index is 13.9. The summed E-state index contributed by atoms with van der Waals surface area (Å²) in [4.78, 5) is 55.9. The molecule has 0 aromatic rings. The second kappa shape index (κ2) is 11.2. The van der Waals surface area contributed by atoms with Gasteiger partial charge in [-0.25, -0.2) is 9.59 Å². The standard InChI is InChI=1S/C30H46N2O10/c1-27(2,3)41-25(37)31-11-7-9-21(31)29(39)16-20(34)18(14-23(29)35)19-13-17(33)15-30(40,24(19)36)22-10-8-12-32(22)26(38)42-28(4,5)6/h13,17-18,20-22,33-34,39-40H,7-12,14-16H2,1-6H3/t17-,18+,20+,21+,22+,29+,30+/m0/s1. The Morgan fingerprint density at radius 3 is 1.79 bits per heavy atom. The van der Waals surface area contributed by atoms with Crippen LogP contribution in [0.3, 0.4) is 0 Å². The Bertz CT molecular complexity index is 1140. The van der Waals surface area contributed by atoms with Crippen LogP contribution < -0.4 is 0 Å². The van der Waals surface area contributed by atoms with Crippen molar-refractivity contribution in [3.8, 4) is 0 Å². The fraction of sp³-hybridized carbons (Fsp3) is 0.800. The number of ether oxygens (including phenoxy) is 2. The zero-order valence-corrected chi connectivity index (χ0v) is 25.5. The first kappa shape index (κ1) is 32.4. The molecule has 4 rings (SSSR count). The van der Waals surface area contributed by atoms with Crippen LogP contribution in [0.25, 0.3) is 0 Å². The van der Waals surface area contributed by atoms with Crippen LogP contribution in [0, 0.1) is 5.92 Å². The Kier molecular flexibility index (Phi) is 8.62. The Labute approximate surface area is 246 Å². The maximum atomic E-state index is 13.9. The predicted octanol–water partition coefficient (Wildman–Crippen LogP) is 1.85. The van der Waals surface area contributed by atoms with E-state index in [0.717, 1.165) is 0 Å². The number of rotatable bonds is 3. The van der Waals surface area contributed by atoms with Gasteiger partial charge in [-0.3, -0.25) is 9.59 Å². The van der Waals surface area contributed by atoms with E-state index in [1.807, 2.05) is 0 Å². The molecule has 0 spiro atoms. The lowest BCUT2D eigenvalue weighted by atomic mass is 9.65. The molecular formula is C30H46N2O10. The van der Waals surface area contributed by atoms with Crippen molar-refractivity contribution < 1.29 is 49.1 Å². The number of carbonyl (C=O) groups excluding carboxylic acids is 4. The number of amides is 2. The first-order valence-corrected chi connectivity index (χ1v) is 14.9. The van der Waals surface area contributed by atoms with Crippen LogP contribution >= 0.6 is 0 Å². The highest BCUT2D eigenvalue weighted by atomic mass is 16.6. The zero-order valence-electron chi connectivity index (χ0n) is 25.5. The van der Waals surface area contributed by atoms with E-state index < -0.39 is 89.2 Å². The smallest absolute Gasteiger partial charge is 0.410 e. The third-order valence-corrected chi connectivity index (χ3v) is 8.68. The molecule has 236 valence electrons. The van der Waals surface area contributed by atoms with Gasteiger partial charge in [0.25, 0.3) is 0 Å². The Hall–Kier alpha value is -2.54. The van der Waals surface area contributed by atoms with Gasteiger partial charge in [0, 0.05) is 43.8 Å². The normalized spacial score (nSPS) is 36.2. The van der Waals surface area contributed by atoms with Crippen molar-refractivity contribution in [3.05, 3.63) is 11.6 Å². The van der Waals surface area contributed by atoms with Crippen LogP contribution in [0.1, 0.15) is 86.5 Å². The van der Waals surface area contributed by atoms with Crippen LogP contribution in [0.4, 0.5) is 9.59 Å². The molecule has 0 unspecified atom stereocenters. The fourth-order valence-electron chi connectivity index (χ4n) is 6.91. The summed E-state index contributed by atoms with van der Waals surface area (Å²) in [6.45, 7) is 10.8. The lowest BCUT2D eigenvalue weighted by Gasteiger charge is -2.46. The van der Waals surface area contributed by atoms with Gasteiger partial charge in [-0.15, -0.1) is 0 Å². The molecular weight excluding hydrogens is 548 g/mol. The van der Waals surface area contributed by atoms with Crippen molar-refractivity contribution >= 4 is 23.8 Å². The molecule has 2 amide bonds. The number of Topliss-reactive ketones (excluding diaryl/α,β-unsaturated/α-hetero) is 2. The molecule has 12 heteroatoms. The summed E-state index contributed by atoms with van der Waals surface area (Å²) in [5.41, 5.74) is -5.90. The number of carbonyl (C=O) groups is 4. The molecule has 2 saturated heterocycles. The second-order valence-corrected chi connectivity index (χ2v) is 14.2. The van der Waals surface area contributed by atoms with E-state index in [1.54, 1.807) is 41.5 Å². The third kappa shape index (κ3) is 6.22. The van der Waals surface area contributed by atoms with Crippen LogP contribution in [-0.2, 0) is 19.1 Å². The Balaban J connectivity index is 1.55. The van der Waals surface area contributed by atoms with Crippen LogP contribution in [0.15, 0.2) is 11.6 Å². The van der Waals surface area contributed by atoms with Gasteiger partial charge in [-0.1, -0.05) is 0 Å². The van der Waals surface area contributed by atoms with Gasteiger partial charge in [0.05, 0.1) is 24.3 Å². The average Bonchev–Trinajstić information content (AvgIpc) is 3.52. The number of aliphatic hydroxyl groups excluding tert-OH is 2. The Morgan fingerprint density at radius 2 is 1.31 bits per heavy atom. The summed E-state index contributed by atoms with van der Waals surface area (Å²) >= 11 is 0. The largest absolute Gasteiger partial charge is 0.444 e. The van der Waals surface area contributed by atoms with Crippen molar-refractivity contribution in [2.45, 2.75) is 133 Å². The van der Waals surface area contributed by atoms with Crippen molar-refractivity contribution in [1.29, 1.82) is 0 Å². The molecule has 42 heavy (non-hydrogen) atoms. The minimum absolute atomic E-state index is 0.106. The molecule has 1 saturated carbocycles. The van der Waals surface area contributed by atoms with E-state index in [1.165, 1.54) is 15.9 Å². The van der Waals surface area contributed by atoms with Gasteiger partial charge < -0.3 is 39.7 Å². The lowest BCUT2D eigenvalue weighted by Crippen LogP contribution is -2.63. The minimum Gasteiger partial charge on any atom is -0.444 e. The summed E-state index contributed by atoms with van der Waals surface area (Å²) in [6, 6.07) is -1.87. The SMILES string of the molecule is CC(C)(C)OC(=O)N1CCC[C@@H]1[C@]1(O)C[C@@H](O)[C@@H](C2=C[C@H](O)C[C@@](O)([C@H]3CCCN3C(=O)OC(C)(C)C)C2=O)CC1=O. The monoisotopic (exact) mass is 594 g/mol. The van der Waals surface area contributed by atoms with Gasteiger partial charge in [0.2, 0.25) is 0 Å². The fourth-order valence-corrected chi connectivity index (χ4v) is 6.91. The third-order valence-electron chi connectivity index (χ3n) is 8.68. The number of aliphatic hydroxyl groups is 4. The van der Waals surface area contributed by atoms with Crippen LogP contribution in [-0.4, -0.2) is 114 Å². The number of hydrogen-bond donors (Lipinski definition) is 4. The molecule has 4 aliphatic rings. The quantitative estimate of drug-likeness (QED) is 0.377. The summed E-state index contributed by atoms with van der Waals surface area (Å²) in [5, 5.41) is 45.4. The van der Waals surface area contributed by atoms with E-state index in [2.05, 4.69) is 0 Å². The van der Waals surface area contributed by atoms with Crippen LogP contribution in [0.2, 0.25) is 0 Å². The van der Waals surface area contributed by atoms with Crippen LogP contribution in [0.5, 0.6) is 0 Å². The first-order valence-electron chi connectivity index (χ1n) is 14.9. The van der Waals surface area contributed by atoms with E-state index >= 15 is 0 Å². The molecule has 0 aromatic heterocycles. The number of ketones is 2. The lowest BCUT2D eigenvalue weighted by molar-refractivity contribution is -0.160. The number of likely N-dealkylation sites (tertiary alicyclic amines) is 2. The van der Waals surface area contributed by atoms with Crippen molar-refractivity contribution in [2.24, 2.45) is 5.92 Å². The average molecular weight is 595 g/mol. The molecule has 2 aliphatic carbocycles. The van der Waals surface area contributed by atoms with Gasteiger partial charge in [0.1, 0.15) is 16.8 Å². The molecule has 2 heterocycles. The van der Waals surface area contributed by atoms with E-state index in [4.69, 9.17) is 9.47 Å². The van der Waals surface area contributed by atoms with E-state index in [-0.39, 0.29) is 25.1 Å². The molecule has 0 aromatic carbocycles. The summed E-state index contributed by atoms with van der Waals surface area (Å²) in [5.74, 6) is -2.52. The summed E-state index contributed by atoms with van der Waals surface area (Å²) in [6.07, 6.45) is -2.29. The molecule has 0 bridgehead atoms. The highest BCUT2D eigenvalue weighted by Crippen LogP contribution is 2.45. The maximum Gasteiger partial charge on any atom is 0.410 e. The van der Waals surface area contributed by atoms with E-state index in [0.29, 0.717) is 25.7 Å². The van der Waals surface area contributed by atoms with Gasteiger partial charge >= 0.3 is 12.2 Å². The Morgan fingerprint density at radius 1 is 0.833 bits per heavy atom. The van der Waals surface area contributed by atoms with Gasteiger partial charge in [-0.05, 0) is 73.3 Å². The number of nitrogens with zero attached hydrogens (tertiary/aromatic N) is 2. The first-order chi connectivity index (χ1) is 19.3. The predicted molar refractivity (Wildman–Crippen MR) is 149 cm³/mol. The van der Waals surface area contributed by atoms with Crippen molar-refractivity contribution in [3.63, 3.8) is 0 Å². The van der Waals surface area contributed by atoms with E-state index in [9.17, 15) is 39.6 Å². The van der Waals surface area contributed by atoms with Crippen molar-refractivity contribution in [1.82, 2.24) is 9.80 Å². The highest BCUT2D eigenvalue weighted by molar-refractivity contribution is 6.05. The molecule has 12 nitrogen and oxygen atoms in total. The summed E-state index contributed by atoms with van der Waals surface area (Å²) in [7, 11) is 0.